The van der Waals surface area contributed by atoms with Crippen molar-refractivity contribution in [3.63, 3.8) is 0 Å². The molecule has 0 spiro atoms. The molecule has 0 N–H and O–H groups in total. The zero-order valence-corrected chi connectivity index (χ0v) is 16.8. The molecule has 1 aliphatic heterocycles. The van der Waals surface area contributed by atoms with Crippen molar-refractivity contribution in [2.24, 2.45) is 18.0 Å². The molecule has 2 aromatic carbocycles. The van der Waals surface area contributed by atoms with Crippen LogP contribution in [-0.2, 0) is 18.4 Å². The molecule has 1 unspecified atom stereocenters. The van der Waals surface area contributed by atoms with E-state index in [1.807, 2.05) is 51.4 Å². The maximum atomic E-state index is 14.8. The lowest BCUT2D eigenvalue weighted by Crippen LogP contribution is -2.27. The number of aryl methyl sites for hydroxylation is 1. The lowest BCUT2D eigenvalue weighted by Gasteiger charge is -2.16. The Morgan fingerprint density at radius 2 is 2.00 bits per heavy atom. The smallest absolute Gasteiger partial charge is 0.268 e. The predicted octanol–water partition coefficient (Wildman–Crippen LogP) is 4.33. The number of nitrogens with zero attached hydrogens (tertiary/aromatic N) is 4. The molecule has 0 aliphatic carbocycles. The van der Waals surface area contributed by atoms with Crippen LogP contribution in [0.1, 0.15) is 19.4 Å². The molecule has 1 atom stereocenters. The normalized spacial score (nSPS) is 18.6. The van der Waals surface area contributed by atoms with Crippen molar-refractivity contribution in [1.29, 1.82) is 0 Å². The van der Waals surface area contributed by atoms with Gasteiger partial charge in [0.25, 0.3) is 5.91 Å². The summed E-state index contributed by atoms with van der Waals surface area (Å²) in [6.45, 7) is 4.61. The summed E-state index contributed by atoms with van der Waals surface area (Å²) in [6.07, 6.45) is 5.36. The molecule has 0 radical (unpaired) electrons. The summed E-state index contributed by atoms with van der Waals surface area (Å²) in [5.74, 6) is -0.409. The zero-order valence-electron chi connectivity index (χ0n) is 16.8. The molecule has 148 valence electrons. The van der Waals surface area contributed by atoms with Gasteiger partial charge in [-0.05, 0) is 30.2 Å². The van der Waals surface area contributed by atoms with Gasteiger partial charge in [-0.25, -0.2) is 4.39 Å². The monoisotopic (exact) mass is 390 g/mol. The first-order chi connectivity index (χ1) is 14.0. The van der Waals surface area contributed by atoms with Gasteiger partial charge in [-0.15, -0.1) is 0 Å². The number of allylic oxidation sites excluding steroid dienone is 1. The van der Waals surface area contributed by atoms with E-state index in [1.165, 1.54) is 6.07 Å². The molecule has 3 aromatic rings. The van der Waals surface area contributed by atoms with Crippen molar-refractivity contribution in [2.75, 3.05) is 6.54 Å². The van der Waals surface area contributed by atoms with Gasteiger partial charge in [0, 0.05) is 49.4 Å². The van der Waals surface area contributed by atoms with Crippen molar-refractivity contribution in [1.82, 2.24) is 14.7 Å². The molecule has 29 heavy (non-hydrogen) atoms. The quantitative estimate of drug-likeness (QED) is 0.666. The summed E-state index contributed by atoms with van der Waals surface area (Å²) in [5.41, 5.74) is 3.60. The highest BCUT2D eigenvalue weighted by Crippen LogP contribution is 2.27. The molecule has 1 saturated heterocycles. The van der Waals surface area contributed by atoms with E-state index in [-0.39, 0.29) is 24.2 Å². The first-order valence-corrected chi connectivity index (χ1v) is 9.66. The van der Waals surface area contributed by atoms with Crippen LogP contribution < -0.4 is 0 Å². The number of carbonyl (C=O) groups excluding carboxylic acids is 1. The number of hydrogen-bond acceptors (Lipinski definition) is 3. The lowest BCUT2D eigenvalue weighted by atomic mass is 10.0. The molecule has 2 heterocycles. The van der Waals surface area contributed by atoms with Crippen molar-refractivity contribution in [3.05, 3.63) is 66.3 Å². The molecule has 5 nitrogen and oxygen atoms in total. The highest BCUT2D eigenvalue weighted by atomic mass is 19.1. The molecule has 1 aromatic heterocycles. The minimum atomic E-state index is -0.317. The first-order valence-electron chi connectivity index (χ1n) is 9.66. The van der Waals surface area contributed by atoms with Crippen LogP contribution >= 0.6 is 0 Å². The van der Waals surface area contributed by atoms with E-state index in [1.54, 1.807) is 27.9 Å². The Bertz CT molecular complexity index is 1140. The van der Waals surface area contributed by atoms with Crippen LogP contribution in [0.3, 0.4) is 0 Å². The second kappa shape index (κ2) is 7.62. The molecular weight excluding hydrogens is 367 g/mol. The second-order valence-electron chi connectivity index (χ2n) is 7.47. The van der Waals surface area contributed by atoms with Crippen LogP contribution in [0.15, 0.2) is 59.9 Å². The van der Waals surface area contributed by atoms with Crippen LogP contribution in [0.5, 0.6) is 0 Å². The third-order valence-electron chi connectivity index (χ3n) is 5.20. The van der Waals surface area contributed by atoms with Gasteiger partial charge in [0.1, 0.15) is 11.5 Å². The summed E-state index contributed by atoms with van der Waals surface area (Å²) < 4.78 is 16.6. The van der Waals surface area contributed by atoms with E-state index in [9.17, 15) is 9.18 Å². The summed E-state index contributed by atoms with van der Waals surface area (Å²) in [4.78, 5) is 18.5. The zero-order chi connectivity index (χ0) is 20.5. The Morgan fingerprint density at radius 1 is 1.24 bits per heavy atom. The Balaban J connectivity index is 1.56. The summed E-state index contributed by atoms with van der Waals surface area (Å²) in [7, 11) is 1.88. The van der Waals surface area contributed by atoms with Gasteiger partial charge < -0.3 is 4.90 Å². The number of rotatable bonds is 4. The predicted molar refractivity (Wildman–Crippen MR) is 113 cm³/mol. The maximum Gasteiger partial charge on any atom is 0.268 e. The summed E-state index contributed by atoms with van der Waals surface area (Å²) in [5, 5.41) is 5.46. The number of likely N-dealkylation sites (tertiary alicyclic amines) is 1. The first kappa shape index (κ1) is 19.1. The number of carbonyl (C=O) groups is 1. The van der Waals surface area contributed by atoms with E-state index in [0.717, 1.165) is 22.0 Å². The minimum absolute atomic E-state index is 0.0335. The van der Waals surface area contributed by atoms with E-state index < -0.39 is 0 Å². The Kier molecular flexibility index (Phi) is 5.01. The van der Waals surface area contributed by atoms with E-state index in [2.05, 4.69) is 10.1 Å². The van der Waals surface area contributed by atoms with Gasteiger partial charge >= 0.3 is 0 Å². The number of halogens is 1. The molecule has 1 fully saturated rings. The van der Waals surface area contributed by atoms with Crippen molar-refractivity contribution >= 4 is 22.5 Å². The van der Waals surface area contributed by atoms with E-state index >= 15 is 0 Å². The maximum absolute atomic E-state index is 14.8. The van der Waals surface area contributed by atoms with Crippen molar-refractivity contribution < 1.29 is 9.18 Å². The van der Waals surface area contributed by atoms with Crippen molar-refractivity contribution in [2.45, 2.75) is 20.4 Å². The standard InChI is InChI=1S/C23H23FN4O/c1-4-9-25-22-15(2)12-28(23(22)29)14-18-7-5-16(10-20(18)24)17-6-8-19-13-27(3)26-21(19)11-17/h4-11,13,15H,12,14H2,1-3H3/b9-4-,25-22?. The molecule has 4 rings (SSSR count). The minimum Gasteiger partial charge on any atom is -0.332 e. The highest BCUT2D eigenvalue weighted by Gasteiger charge is 2.33. The highest BCUT2D eigenvalue weighted by molar-refractivity contribution is 6.41. The average molecular weight is 390 g/mol. The molecule has 6 heteroatoms. The third kappa shape index (κ3) is 3.70. The SMILES string of the molecule is C/C=C\N=C1C(=O)N(Cc2ccc(-c3ccc4cn(C)nc4c3)cc2F)CC1C. The van der Waals surface area contributed by atoms with Crippen LogP contribution in [0.2, 0.25) is 0 Å². The van der Waals surface area contributed by atoms with Crippen LogP contribution in [0.25, 0.3) is 22.0 Å². The topological polar surface area (TPSA) is 50.5 Å². The average Bonchev–Trinajstić information content (AvgIpc) is 3.19. The fraction of sp³-hybridized carbons (Fsp3) is 0.261. The fourth-order valence-corrected chi connectivity index (χ4v) is 3.73. The van der Waals surface area contributed by atoms with Gasteiger partial charge in [0.05, 0.1) is 5.52 Å². The van der Waals surface area contributed by atoms with Gasteiger partial charge in [-0.1, -0.05) is 37.3 Å². The van der Waals surface area contributed by atoms with Crippen LogP contribution in [0, 0.1) is 11.7 Å². The van der Waals surface area contributed by atoms with Crippen LogP contribution in [0.4, 0.5) is 4.39 Å². The summed E-state index contributed by atoms with van der Waals surface area (Å²) in [6, 6.07) is 11.1. The summed E-state index contributed by atoms with van der Waals surface area (Å²) >= 11 is 0. The lowest BCUT2D eigenvalue weighted by molar-refractivity contribution is -0.123. The number of amides is 1. The van der Waals surface area contributed by atoms with Gasteiger partial charge in [-0.3, -0.25) is 14.5 Å². The molecule has 0 saturated carbocycles. The molecule has 1 aliphatic rings. The second-order valence-corrected chi connectivity index (χ2v) is 7.47. The Labute approximate surface area is 169 Å². The van der Waals surface area contributed by atoms with E-state index in [0.29, 0.717) is 17.8 Å². The molecule has 1 amide bonds. The number of benzene rings is 2. The number of aliphatic imine (C=N–C) groups is 1. The third-order valence-corrected chi connectivity index (χ3v) is 5.20. The Hall–Kier alpha value is -3.28. The fourth-order valence-electron chi connectivity index (χ4n) is 3.73. The Morgan fingerprint density at radius 3 is 2.76 bits per heavy atom. The number of fused-ring (bicyclic) bond motifs is 1. The largest absolute Gasteiger partial charge is 0.332 e. The number of aromatic nitrogens is 2. The van der Waals surface area contributed by atoms with Gasteiger partial charge in [-0.2, -0.15) is 5.10 Å². The van der Waals surface area contributed by atoms with Crippen molar-refractivity contribution in [3.8, 4) is 11.1 Å². The van der Waals surface area contributed by atoms with E-state index in [4.69, 9.17) is 0 Å². The number of hydrogen-bond donors (Lipinski definition) is 0. The molecular formula is C23H23FN4O. The van der Waals surface area contributed by atoms with Gasteiger partial charge in [0.15, 0.2) is 0 Å². The van der Waals surface area contributed by atoms with Crippen LogP contribution in [-0.4, -0.2) is 32.8 Å². The van der Waals surface area contributed by atoms with Gasteiger partial charge in [0.2, 0.25) is 0 Å². The molecule has 0 bridgehead atoms.